The van der Waals surface area contributed by atoms with Crippen molar-refractivity contribution in [2.24, 2.45) is 0 Å². The number of hydrogen-bond acceptors (Lipinski definition) is 3. The van der Waals surface area contributed by atoms with Crippen LogP contribution in [0, 0.1) is 10.5 Å². The van der Waals surface area contributed by atoms with E-state index in [-0.39, 0.29) is 5.91 Å². The van der Waals surface area contributed by atoms with Crippen molar-refractivity contribution >= 4 is 28.5 Å². The van der Waals surface area contributed by atoms with Gasteiger partial charge in [-0.2, -0.15) is 0 Å². The van der Waals surface area contributed by atoms with Gasteiger partial charge in [-0.25, -0.2) is 5.48 Å². The molecule has 15 heavy (non-hydrogen) atoms. The molecule has 5 heteroatoms. The fourth-order valence-corrected chi connectivity index (χ4v) is 2.10. The number of methoxy groups -OCH3 is 1. The number of carbonyl (C=O) groups excluding carboxylic acids is 1. The van der Waals surface area contributed by atoms with Gasteiger partial charge in [-0.1, -0.05) is 0 Å². The van der Waals surface area contributed by atoms with Crippen molar-refractivity contribution in [1.29, 1.82) is 0 Å². The second-order valence-corrected chi connectivity index (χ2v) is 4.18. The molecule has 1 aromatic rings. The van der Waals surface area contributed by atoms with Crippen LogP contribution in [0.1, 0.15) is 15.9 Å². The maximum absolute atomic E-state index is 11.6. The van der Waals surface area contributed by atoms with Crippen LogP contribution in [0.3, 0.4) is 0 Å². The molecule has 0 aromatic heterocycles. The highest BCUT2D eigenvalue weighted by molar-refractivity contribution is 14.1. The third-order valence-corrected chi connectivity index (χ3v) is 2.51. The number of halogens is 1. The maximum Gasteiger partial charge on any atom is 0.278 e. The Morgan fingerprint density at radius 1 is 1.40 bits per heavy atom. The van der Waals surface area contributed by atoms with Crippen molar-refractivity contribution in [3.8, 4) is 5.75 Å². The highest BCUT2D eigenvalue weighted by Gasteiger charge is 2.14. The largest absolute Gasteiger partial charge is 0.496 e. The summed E-state index contributed by atoms with van der Waals surface area (Å²) in [7, 11) is 2.93. The summed E-state index contributed by atoms with van der Waals surface area (Å²) in [6.45, 7) is 1.89. The number of nitrogens with one attached hydrogen (secondary N) is 1. The molecule has 1 aromatic carbocycles. The first-order valence-corrected chi connectivity index (χ1v) is 5.35. The summed E-state index contributed by atoms with van der Waals surface area (Å²) in [5.74, 6) is 0.265. The zero-order chi connectivity index (χ0) is 11.4. The maximum atomic E-state index is 11.6. The second-order valence-electron chi connectivity index (χ2n) is 2.94. The minimum atomic E-state index is -0.309. The quantitative estimate of drug-likeness (QED) is 0.683. The number of hydrogen-bond donors (Lipinski definition) is 1. The summed E-state index contributed by atoms with van der Waals surface area (Å²) in [6.07, 6.45) is 0. The predicted octanol–water partition coefficient (Wildman–Crippen LogP) is 1.90. The Bertz CT molecular complexity index is 379. The lowest BCUT2D eigenvalue weighted by Gasteiger charge is -2.11. The number of amides is 1. The third kappa shape index (κ3) is 2.82. The Morgan fingerprint density at radius 2 is 2.07 bits per heavy atom. The van der Waals surface area contributed by atoms with Gasteiger partial charge >= 0.3 is 0 Å². The van der Waals surface area contributed by atoms with E-state index >= 15 is 0 Å². The van der Waals surface area contributed by atoms with Crippen LogP contribution in [-0.2, 0) is 4.84 Å². The minimum absolute atomic E-state index is 0.309. The standard InChI is InChI=1S/C10H12INO3/c1-6-4-7(11)5-8(9(6)14-2)10(13)12-15-3/h4-5H,1-3H3,(H,12,13). The predicted molar refractivity (Wildman–Crippen MR) is 64.9 cm³/mol. The molecule has 0 fully saturated rings. The molecular formula is C10H12INO3. The first-order chi connectivity index (χ1) is 7.10. The fourth-order valence-electron chi connectivity index (χ4n) is 1.32. The Labute approximate surface area is 102 Å². The van der Waals surface area contributed by atoms with Crippen LogP contribution in [0.2, 0.25) is 0 Å². The molecular weight excluding hydrogens is 309 g/mol. The Hall–Kier alpha value is -0.820. The van der Waals surface area contributed by atoms with E-state index in [9.17, 15) is 4.79 Å². The molecule has 0 radical (unpaired) electrons. The van der Waals surface area contributed by atoms with Crippen LogP contribution < -0.4 is 10.2 Å². The summed E-state index contributed by atoms with van der Waals surface area (Å²) >= 11 is 2.15. The van der Waals surface area contributed by atoms with Gasteiger partial charge < -0.3 is 4.74 Å². The molecule has 0 atom stereocenters. The molecule has 0 saturated heterocycles. The van der Waals surface area contributed by atoms with Crippen LogP contribution in [0.4, 0.5) is 0 Å². The number of ether oxygens (including phenoxy) is 1. The molecule has 82 valence electrons. The van der Waals surface area contributed by atoms with Crippen LogP contribution in [0.5, 0.6) is 5.75 Å². The van der Waals surface area contributed by atoms with Crippen molar-refractivity contribution in [2.45, 2.75) is 6.92 Å². The molecule has 4 nitrogen and oxygen atoms in total. The summed E-state index contributed by atoms with van der Waals surface area (Å²) in [5, 5.41) is 0. The first kappa shape index (κ1) is 12.3. The van der Waals surface area contributed by atoms with Crippen molar-refractivity contribution < 1.29 is 14.4 Å². The van der Waals surface area contributed by atoms with Gasteiger partial charge in [-0.15, -0.1) is 0 Å². The minimum Gasteiger partial charge on any atom is -0.496 e. The molecule has 0 saturated carbocycles. The zero-order valence-corrected chi connectivity index (χ0v) is 10.9. The third-order valence-electron chi connectivity index (χ3n) is 1.88. The van der Waals surface area contributed by atoms with Gasteiger partial charge in [0, 0.05) is 3.57 Å². The van der Waals surface area contributed by atoms with E-state index in [1.807, 2.05) is 13.0 Å². The average Bonchev–Trinajstić information content (AvgIpc) is 2.17. The second kappa shape index (κ2) is 5.32. The zero-order valence-electron chi connectivity index (χ0n) is 8.76. The molecule has 0 heterocycles. The number of hydroxylamine groups is 1. The number of rotatable bonds is 3. The molecule has 1 amide bonds. The highest BCUT2D eigenvalue weighted by Crippen LogP contribution is 2.25. The van der Waals surface area contributed by atoms with Crippen LogP contribution in [0.25, 0.3) is 0 Å². The van der Waals surface area contributed by atoms with Gasteiger partial charge in [0.05, 0.1) is 19.8 Å². The van der Waals surface area contributed by atoms with Crippen LogP contribution >= 0.6 is 22.6 Å². The van der Waals surface area contributed by atoms with Gasteiger partial charge in [0.2, 0.25) is 0 Å². The molecule has 0 aliphatic rings. The van der Waals surface area contributed by atoms with Crippen LogP contribution in [-0.4, -0.2) is 20.1 Å². The monoisotopic (exact) mass is 321 g/mol. The lowest BCUT2D eigenvalue weighted by Crippen LogP contribution is -2.22. The van der Waals surface area contributed by atoms with Crippen molar-refractivity contribution in [2.75, 3.05) is 14.2 Å². The Morgan fingerprint density at radius 3 is 2.60 bits per heavy atom. The highest BCUT2D eigenvalue weighted by atomic mass is 127. The lowest BCUT2D eigenvalue weighted by molar-refractivity contribution is 0.0534. The smallest absolute Gasteiger partial charge is 0.278 e. The Kier molecular flexibility index (Phi) is 4.34. The van der Waals surface area contributed by atoms with Crippen molar-refractivity contribution in [3.05, 3.63) is 26.8 Å². The van der Waals surface area contributed by atoms with Crippen molar-refractivity contribution in [3.63, 3.8) is 0 Å². The summed E-state index contributed by atoms with van der Waals surface area (Å²) in [6, 6.07) is 3.70. The van der Waals surface area contributed by atoms with E-state index in [0.717, 1.165) is 9.13 Å². The van der Waals surface area contributed by atoms with E-state index in [0.29, 0.717) is 11.3 Å². The fraction of sp³-hybridized carbons (Fsp3) is 0.300. The van der Waals surface area contributed by atoms with Gasteiger partial charge in [0.25, 0.3) is 5.91 Å². The molecule has 1 N–H and O–H groups in total. The Balaban J connectivity index is 3.20. The number of benzene rings is 1. The normalized spacial score (nSPS) is 9.87. The molecule has 0 aliphatic carbocycles. The number of carbonyl (C=O) groups is 1. The lowest BCUT2D eigenvalue weighted by atomic mass is 10.1. The summed E-state index contributed by atoms with van der Waals surface area (Å²) in [4.78, 5) is 16.2. The van der Waals surface area contributed by atoms with Gasteiger partial charge in [-0.3, -0.25) is 9.63 Å². The first-order valence-electron chi connectivity index (χ1n) is 4.27. The molecule has 0 unspecified atom stereocenters. The van der Waals surface area contributed by atoms with E-state index in [1.165, 1.54) is 7.11 Å². The topological polar surface area (TPSA) is 47.6 Å². The van der Waals surface area contributed by atoms with Gasteiger partial charge in [0.1, 0.15) is 5.75 Å². The molecule has 0 bridgehead atoms. The number of aryl methyl sites for hydroxylation is 1. The summed E-state index contributed by atoms with van der Waals surface area (Å²) < 4.78 is 6.16. The van der Waals surface area contributed by atoms with Crippen LogP contribution in [0.15, 0.2) is 12.1 Å². The summed E-state index contributed by atoms with van der Waals surface area (Å²) in [5.41, 5.74) is 3.67. The van der Waals surface area contributed by atoms with Gasteiger partial charge in [-0.05, 0) is 47.2 Å². The van der Waals surface area contributed by atoms with E-state index in [1.54, 1.807) is 13.2 Å². The van der Waals surface area contributed by atoms with E-state index in [4.69, 9.17) is 4.74 Å². The van der Waals surface area contributed by atoms with Gasteiger partial charge in [0.15, 0.2) is 0 Å². The average molecular weight is 321 g/mol. The molecule has 0 aliphatic heterocycles. The van der Waals surface area contributed by atoms with Crippen molar-refractivity contribution in [1.82, 2.24) is 5.48 Å². The SMILES string of the molecule is CONC(=O)c1cc(I)cc(C)c1OC. The molecule has 0 spiro atoms. The van der Waals surface area contributed by atoms with E-state index < -0.39 is 0 Å². The molecule has 1 rings (SSSR count). The van der Waals surface area contributed by atoms with E-state index in [2.05, 4.69) is 32.9 Å².